The van der Waals surface area contributed by atoms with Crippen molar-refractivity contribution < 1.29 is 14.6 Å². The normalized spacial score (nSPS) is 9.43. The average Bonchev–Trinajstić information content (AvgIpc) is 2.20. The Labute approximate surface area is 82.6 Å². The largest absolute Gasteiger partial charge is 0.508 e. The molecule has 14 heavy (non-hydrogen) atoms. The number of esters is 1. The van der Waals surface area contributed by atoms with Gasteiger partial charge in [0.25, 0.3) is 0 Å². The van der Waals surface area contributed by atoms with Crippen molar-refractivity contribution in [2.24, 2.45) is 0 Å². The number of rotatable bonds is 4. The van der Waals surface area contributed by atoms with Crippen molar-refractivity contribution in [1.29, 1.82) is 0 Å². The number of carbonyl (C=O) groups is 1. The van der Waals surface area contributed by atoms with Crippen molar-refractivity contribution >= 4 is 5.97 Å². The van der Waals surface area contributed by atoms with Crippen LogP contribution < -0.4 is 0 Å². The number of hydrogen-bond acceptors (Lipinski definition) is 3. The molecule has 0 aromatic heterocycles. The molecule has 3 heteroatoms. The molecule has 0 fully saturated rings. The van der Waals surface area contributed by atoms with Crippen LogP contribution in [0.25, 0.3) is 0 Å². The number of phenols is 1. The van der Waals surface area contributed by atoms with Gasteiger partial charge in [-0.15, -0.1) is 0 Å². The van der Waals surface area contributed by atoms with Crippen LogP contribution in [0, 0.1) is 6.07 Å². The summed E-state index contributed by atoms with van der Waals surface area (Å²) < 4.78 is 4.77. The van der Waals surface area contributed by atoms with Crippen molar-refractivity contribution in [2.75, 3.05) is 6.61 Å². The molecule has 0 aliphatic rings. The van der Waals surface area contributed by atoms with Crippen molar-refractivity contribution in [3.8, 4) is 5.75 Å². The zero-order chi connectivity index (χ0) is 10.4. The summed E-state index contributed by atoms with van der Waals surface area (Å²) in [6, 6.07) is 7.66. The summed E-state index contributed by atoms with van der Waals surface area (Å²) in [5, 5.41) is 9.35. The molecular weight excluding hydrogens is 180 g/mol. The quantitative estimate of drug-likeness (QED) is 0.579. The van der Waals surface area contributed by atoms with Crippen LogP contribution in [0.2, 0.25) is 0 Å². The van der Waals surface area contributed by atoms with Gasteiger partial charge in [0.05, 0.1) is 6.61 Å². The Bertz CT molecular complexity index is 331. The summed E-state index contributed by atoms with van der Waals surface area (Å²) in [7, 11) is 0. The first kappa shape index (κ1) is 10.3. The molecule has 0 saturated heterocycles. The maximum Gasteiger partial charge on any atom is 0.330 e. The molecule has 0 unspecified atom stereocenters. The minimum absolute atomic E-state index is 0.193. The monoisotopic (exact) mass is 191 g/mol. The van der Waals surface area contributed by atoms with E-state index >= 15 is 0 Å². The number of carbonyl (C=O) groups excluding carboxylic acids is 1. The Morgan fingerprint density at radius 3 is 3.14 bits per heavy atom. The second kappa shape index (κ2) is 5.07. The average molecular weight is 191 g/mol. The van der Waals surface area contributed by atoms with Gasteiger partial charge in [-0.3, -0.25) is 0 Å². The molecule has 1 aromatic carbocycles. The number of ether oxygens (including phenoxy) is 1. The summed E-state index contributed by atoms with van der Waals surface area (Å²) in [6.07, 6.45) is 1.58. The van der Waals surface area contributed by atoms with Crippen LogP contribution in [0.4, 0.5) is 0 Å². The van der Waals surface area contributed by atoms with E-state index in [0.717, 1.165) is 6.08 Å². The van der Waals surface area contributed by atoms with E-state index in [1.807, 2.05) is 0 Å². The van der Waals surface area contributed by atoms with Crippen molar-refractivity contribution in [1.82, 2.24) is 0 Å². The summed E-state index contributed by atoms with van der Waals surface area (Å²) >= 11 is 0. The zero-order valence-corrected chi connectivity index (χ0v) is 7.69. The van der Waals surface area contributed by atoms with Gasteiger partial charge in [-0.2, -0.15) is 0 Å². The lowest BCUT2D eigenvalue weighted by Gasteiger charge is -2.03. The summed E-state index contributed by atoms with van der Waals surface area (Å²) in [5.74, 6) is -0.261. The first-order chi connectivity index (χ1) is 6.74. The van der Waals surface area contributed by atoms with E-state index in [1.165, 1.54) is 0 Å². The van der Waals surface area contributed by atoms with E-state index in [0.29, 0.717) is 12.0 Å². The van der Waals surface area contributed by atoms with Gasteiger partial charge in [0, 0.05) is 12.5 Å². The molecule has 0 saturated carbocycles. The molecule has 1 N–H and O–H groups in total. The van der Waals surface area contributed by atoms with Gasteiger partial charge in [-0.1, -0.05) is 12.6 Å². The molecule has 3 nitrogen and oxygen atoms in total. The first-order valence-electron chi connectivity index (χ1n) is 4.21. The van der Waals surface area contributed by atoms with Crippen LogP contribution in [0.5, 0.6) is 5.75 Å². The molecule has 1 radical (unpaired) electrons. The smallest absolute Gasteiger partial charge is 0.330 e. The molecule has 0 heterocycles. The van der Waals surface area contributed by atoms with Gasteiger partial charge >= 0.3 is 5.97 Å². The fraction of sp³-hybridized carbons (Fsp3) is 0.182. The van der Waals surface area contributed by atoms with Crippen LogP contribution in [0.1, 0.15) is 5.56 Å². The first-order valence-corrected chi connectivity index (χ1v) is 4.21. The summed E-state index contributed by atoms with van der Waals surface area (Å²) in [6.45, 7) is 3.51. The minimum atomic E-state index is -0.454. The summed E-state index contributed by atoms with van der Waals surface area (Å²) in [5.41, 5.74) is 0.712. The van der Waals surface area contributed by atoms with E-state index in [4.69, 9.17) is 4.74 Å². The van der Waals surface area contributed by atoms with Gasteiger partial charge in [0.2, 0.25) is 0 Å². The van der Waals surface area contributed by atoms with Crippen LogP contribution in [0.3, 0.4) is 0 Å². The van der Waals surface area contributed by atoms with Gasteiger partial charge in [-0.05, 0) is 23.8 Å². The fourth-order valence-corrected chi connectivity index (χ4v) is 0.977. The number of phenolic OH excluding ortho intramolecular Hbond substituents is 1. The van der Waals surface area contributed by atoms with Crippen molar-refractivity contribution in [3.63, 3.8) is 0 Å². The number of benzene rings is 1. The van der Waals surface area contributed by atoms with Crippen molar-refractivity contribution in [3.05, 3.63) is 42.5 Å². The number of aromatic hydroxyl groups is 1. The third kappa shape index (κ3) is 2.94. The Kier molecular flexibility index (Phi) is 3.73. The van der Waals surface area contributed by atoms with Gasteiger partial charge in [0.15, 0.2) is 0 Å². The topological polar surface area (TPSA) is 46.5 Å². The highest BCUT2D eigenvalue weighted by Crippen LogP contribution is 2.15. The van der Waals surface area contributed by atoms with Gasteiger partial charge in [-0.25, -0.2) is 4.79 Å². The van der Waals surface area contributed by atoms with Crippen molar-refractivity contribution in [2.45, 2.75) is 6.42 Å². The van der Waals surface area contributed by atoms with E-state index in [9.17, 15) is 9.90 Å². The predicted octanol–water partition coefficient (Wildman–Crippen LogP) is 1.46. The highest BCUT2D eigenvalue weighted by atomic mass is 16.5. The molecule has 0 atom stereocenters. The second-order valence-corrected chi connectivity index (χ2v) is 2.68. The lowest BCUT2D eigenvalue weighted by molar-refractivity contribution is -0.137. The molecule has 0 aliphatic carbocycles. The molecule has 0 amide bonds. The molecule has 73 valence electrons. The van der Waals surface area contributed by atoms with E-state index < -0.39 is 5.97 Å². The van der Waals surface area contributed by atoms with Gasteiger partial charge in [0.1, 0.15) is 5.75 Å². The second-order valence-electron chi connectivity index (χ2n) is 2.68. The Hall–Kier alpha value is -1.77. The van der Waals surface area contributed by atoms with Crippen LogP contribution in [-0.4, -0.2) is 17.7 Å². The lowest BCUT2D eigenvalue weighted by atomic mass is 10.1. The molecule has 0 aliphatic heterocycles. The lowest BCUT2D eigenvalue weighted by Crippen LogP contribution is -2.04. The Balaban J connectivity index is 2.42. The Morgan fingerprint density at radius 1 is 1.71 bits per heavy atom. The fourth-order valence-electron chi connectivity index (χ4n) is 0.977. The van der Waals surface area contributed by atoms with Crippen LogP contribution >= 0.6 is 0 Å². The molecule has 1 rings (SSSR count). The van der Waals surface area contributed by atoms with Gasteiger partial charge < -0.3 is 9.84 Å². The Morgan fingerprint density at radius 2 is 2.50 bits per heavy atom. The standard InChI is InChI=1S/C11H11O3/c1-2-11(13)14-8-7-9-5-3-4-6-10(9)12/h2,4-6,12H,1,7-8H2. The van der Waals surface area contributed by atoms with E-state index in [2.05, 4.69) is 12.6 Å². The van der Waals surface area contributed by atoms with Crippen LogP contribution in [0.15, 0.2) is 30.9 Å². The summed E-state index contributed by atoms with van der Waals surface area (Å²) in [4.78, 5) is 10.7. The molecule has 0 spiro atoms. The molecule has 1 aromatic rings. The zero-order valence-electron chi connectivity index (χ0n) is 7.69. The van der Waals surface area contributed by atoms with E-state index in [1.54, 1.807) is 18.2 Å². The van der Waals surface area contributed by atoms with E-state index in [-0.39, 0.29) is 12.4 Å². The predicted molar refractivity (Wildman–Crippen MR) is 51.8 cm³/mol. The third-order valence-corrected chi connectivity index (χ3v) is 1.71. The molecular formula is C11H11O3. The van der Waals surface area contributed by atoms with Crippen LogP contribution in [-0.2, 0) is 16.0 Å². The maximum absolute atomic E-state index is 10.7. The SMILES string of the molecule is C=CC(=O)OCCc1c[c]ccc1O. The highest BCUT2D eigenvalue weighted by molar-refractivity contribution is 5.81. The minimum Gasteiger partial charge on any atom is -0.508 e. The molecule has 0 bridgehead atoms. The third-order valence-electron chi connectivity index (χ3n) is 1.71. The number of hydrogen-bond donors (Lipinski definition) is 1. The maximum atomic E-state index is 10.7. The highest BCUT2D eigenvalue weighted by Gasteiger charge is 2.00.